The first kappa shape index (κ1) is 19.6. The van der Waals surface area contributed by atoms with Crippen molar-refractivity contribution < 1.29 is 22.7 Å². The minimum atomic E-state index is -4.67. The Labute approximate surface area is 163 Å². The van der Waals surface area contributed by atoms with Gasteiger partial charge in [-0.05, 0) is 67.1 Å². The Morgan fingerprint density at radius 2 is 2.00 bits per heavy atom. The Morgan fingerprint density at radius 1 is 1.29 bits per heavy atom. The average molecular weight is 395 g/mol. The minimum Gasteiger partial charge on any atom is -0.406 e. The molecule has 2 saturated carbocycles. The molecule has 2 aliphatic carbocycles. The lowest BCUT2D eigenvalue weighted by Gasteiger charge is -2.23. The molecule has 1 aliphatic heterocycles. The molecule has 2 atom stereocenters. The predicted molar refractivity (Wildman–Crippen MR) is 98.4 cm³/mol. The summed E-state index contributed by atoms with van der Waals surface area (Å²) in [5.74, 6) is 2.51. The second-order valence-corrected chi connectivity index (χ2v) is 8.46. The zero-order chi connectivity index (χ0) is 19.9. The molecule has 3 aliphatic rings. The molecule has 7 heteroatoms. The normalized spacial score (nSPS) is 26.8. The number of alkyl halides is 3. The van der Waals surface area contributed by atoms with Crippen LogP contribution >= 0.6 is 0 Å². The molecule has 3 fully saturated rings. The summed E-state index contributed by atoms with van der Waals surface area (Å²) in [6.07, 6.45) is 0.670. The molecule has 28 heavy (non-hydrogen) atoms. The van der Waals surface area contributed by atoms with Gasteiger partial charge in [-0.2, -0.15) is 0 Å². The van der Waals surface area contributed by atoms with E-state index in [4.69, 9.17) is 0 Å². The van der Waals surface area contributed by atoms with Gasteiger partial charge in [-0.15, -0.1) is 13.2 Å². The molecule has 153 valence electrons. The molecule has 1 radical (unpaired) electrons. The van der Waals surface area contributed by atoms with Gasteiger partial charge in [0.1, 0.15) is 5.75 Å². The van der Waals surface area contributed by atoms with Gasteiger partial charge < -0.3 is 9.64 Å². The third-order valence-electron chi connectivity index (χ3n) is 6.18. The highest BCUT2D eigenvalue weighted by molar-refractivity contribution is 5.78. The average Bonchev–Trinajstić information content (AvgIpc) is 3.50. The van der Waals surface area contributed by atoms with Crippen LogP contribution in [0, 0.1) is 30.1 Å². The van der Waals surface area contributed by atoms with E-state index in [0.29, 0.717) is 30.2 Å². The number of fused-ring (bicyclic) bond motifs is 1. The van der Waals surface area contributed by atoms with Crippen molar-refractivity contribution in [1.82, 2.24) is 9.80 Å². The third-order valence-corrected chi connectivity index (χ3v) is 6.18. The van der Waals surface area contributed by atoms with Gasteiger partial charge in [-0.1, -0.05) is 12.1 Å². The van der Waals surface area contributed by atoms with E-state index in [9.17, 15) is 18.0 Å². The van der Waals surface area contributed by atoms with E-state index in [1.165, 1.54) is 25.0 Å². The summed E-state index contributed by atoms with van der Waals surface area (Å²) in [7, 11) is 1.89. The van der Waals surface area contributed by atoms with Gasteiger partial charge in [0, 0.05) is 26.7 Å². The van der Waals surface area contributed by atoms with Gasteiger partial charge in [-0.25, -0.2) is 0 Å². The summed E-state index contributed by atoms with van der Waals surface area (Å²) in [6, 6.07) is 6.10. The largest absolute Gasteiger partial charge is 0.573 e. The van der Waals surface area contributed by atoms with Crippen LogP contribution in [0.1, 0.15) is 24.8 Å². The highest BCUT2D eigenvalue weighted by atomic mass is 19.4. The molecule has 1 aromatic rings. The van der Waals surface area contributed by atoms with Crippen LogP contribution in [-0.2, 0) is 4.79 Å². The van der Waals surface area contributed by atoms with Gasteiger partial charge in [-0.3, -0.25) is 9.69 Å². The number of carbonyl (C=O) groups is 1. The van der Waals surface area contributed by atoms with Crippen molar-refractivity contribution in [1.29, 1.82) is 0 Å². The molecule has 0 bridgehead atoms. The molecule has 1 heterocycles. The Bertz CT molecular complexity index is 708. The Hall–Kier alpha value is -1.76. The van der Waals surface area contributed by atoms with E-state index in [1.54, 1.807) is 12.1 Å². The highest BCUT2D eigenvalue weighted by Gasteiger charge is 2.54. The lowest BCUT2D eigenvalue weighted by atomic mass is 10.0. The lowest BCUT2D eigenvalue weighted by molar-refractivity contribution is -0.274. The van der Waals surface area contributed by atoms with Crippen LogP contribution in [0.2, 0.25) is 0 Å². The van der Waals surface area contributed by atoms with Crippen LogP contribution in [0.5, 0.6) is 5.75 Å². The number of hydrogen-bond acceptors (Lipinski definition) is 3. The molecule has 0 aromatic heterocycles. The molecule has 1 saturated heterocycles. The standard InChI is InChI=1S/C21H26F3N2O2/c1-25(10-15-5-6-15)20(27)13-26-11-18-17(19(18)12-26)8-7-14-3-2-4-16(9-14)28-21(22,23)24/h2-4,7,9,15,17-19H,5-6,8,10-13H2,1H3. The Kier molecular flexibility index (Phi) is 5.29. The van der Waals surface area contributed by atoms with Crippen molar-refractivity contribution in [2.75, 3.05) is 33.2 Å². The maximum Gasteiger partial charge on any atom is 0.573 e. The van der Waals surface area contributed by atoms with Crippen LogP contribution in [0.3, 0.4) is 0 Å². The van der Waals surface area contributed by atoms with Crippen molar-refractivity contribution >= 4 is 5.91 Å². The molecule has 4 nitrogen and oxygen atoms in total. The van der Waals surface area contributed by atoms with E-state index in [0.717, 1.165) is 31.6 Å². The number of benzene rings is 1. The van der Waals surface area contributed by atoms with Gasteiger partial charge in [0.2, 0.25) is 5.91 Å². The molecule has 0 N–H and O–H groups in total. The number of piperidine rings is 1. The monoisotopic (exact) mass is 395 g/mol. The number of likely N-dealkylation sites (N-methyl/N-ethyl adjacent to an activating group) is 1. The quantitative estimate of drug-likeness (QED) is 0.675. The number of nitrogens with zero attached hydrogens (tertiary/aromatic N) is 2. The Morgan fingerprint density at radius 3 is 2.64 bits per heavy atom. The topological polar surface area (TPSA) is 32.8 Å². The van der Waals surface area contributed by atoms with Gasteiger partial charge >= 0.3 is 6.36 Å². The van der Waals surface area contributed by atoms with Crippen LogP contribution < -0.4 is 4.74 Å². The van der Waals surface area contributed by atoms with E-state index < -0.39 is 6.36 Å². The summed E-state index contributed by atoms with van der Waals surface area (Å²) in [4.78, 5) is 16.4. The molecule has 0 spiro atoms. The highest BCUT2D eigenvalue weighted by Crippen LogP contribution is 2.54. The van der Waals surface area contributed by atoms with Crippen molar-refractivity contribution in [2.24, 2.45) is 23.7 Å². The fourth-order valence-corrected chi connectivity index (χ4v) is 4.43. The van der Waals surface area contributed by atoms with Crippen molar-refractivity contribution in [3.05, 3.63) is 36.2 Å². The smallest absolute Gasteiger partial charge is 0.406 e. The van der Waals surface area contributed by atoms with E-state index in [-0.39, 0.29) is 11.7 Å². The molecule has 1 aromatic carbocycles. The first-order valence-corrected chi connectivity index (χ1v) is 9.94. The number of halogens is 3. The maximum absolute atomic E-state index is 12.3. The number of amides is 1. The summed E-state index contributed by atoms with van der Waals surface area (Å²) < 4.78 is 41.0. The van der Waals surface area contributed by atoms with Crippen LogP contribution in [-0.4, -0.2) is 55.3 Å². The first-order chi connectivity index (χ1) is 13.3. The number of ether oxygens (including phenoxy) is 1. The summed E-state index contributed by atoms with van der Waals surface area (Å²) in [5, 5.41) is 0. The van der Waals surface area contributed by atoms with Crippen molar-refractivity contribution in [3.8, 4) is 5.75 Å². The maximum atomic E-state index is 12.3. The van der Waals surface area contributed by atoms with E-state index in [1.807, 2.05) is 18.4 Å². The number of carbonyl (C=O) groups excluding carboxylic acids is 1. The fourth-order valence-electron chi connectivity index (χ4n) is 4.43. The van der Waals surface area contributed by atoms with Gasteiger partial charge in [0.15, 0.2) is 0 Å². The second-order valence-electron chi connectivity index (χ2n) is 8.46. The van der Waals surface area contributed by atoms with E-state index in [2.05, 4.69) is 9.64 Å². The minimum absolute atomic E-state index is 0.183. The van der Waals surface area contributed by atoms with E-state index >= 15 is 0 Å². The molecule has 2 unspecified atom stereocenters. The fraction of sp³-hybridized carbons (Fsp3) is 0.619. The summed E-state index contributed by atoms with van der Waals surface area (Å²) in [6.45, 7) is 3.28. The SMILES string of the molecule is CN(CC1CC1)C(=O)CN1CC2C(C[CH]c3cccc(OC(F)(F)F)c3)C2C1. The molecular formula is C21H26F3N2O2. The van der Waals surface area contributed by atoms with Crippen LogP contribution in [0.4, 0.5) is 13.2 Å². The number of hydrogen-bond donors (Lipinski definition) is 0. The lowest BCUT2D eigenvalue weighted by Crippen LogP contribution is -2.39. The predicted octanol–water partition coefficient (Wildman–Crippen LogP) is 3.57. The van der Waals surface area contributed by atoms with Crippen molar-refractivity contribution in [2.45, 2.75) is 25.6 Å². The first-order valence-electron chi connectivity index (χ1n) is 9.94. The van der Waals surface area contributed by atoms with Crippen LogP contribution in [0.25, 0.3) is 0 Å². The number of likely N-dealkylation sites (tertiary alicyclic amines) is 1. The summed E-state index contributed by atoms with van der Waals surface area (Å²) >= 11 is 0. The van der Waals surface area contributed by atoms with Gasteiger partial charge in [0.25, 0.3) is 0 Å². The van der Waals surface area contributed by atoms with Gasteiger partial charge in [0.05, 0.1) is 6.54 Å². The molecule has 1 amide bonds. The van der Waals surface area contributed by atoms with Crippen molar-refractivity contribution in [3.63, 3.8) is 0 Å². The summed E-state index contributed by atoms with van der Waals surface area (Å²) in [5.41, 5.74) is 0.750. The Balaban J connectivity index is 1.18. The molecular weight excluding hydrogens is 369 g/mol. The zero-order valence-corrected chi connectivity index (χ0v) is 16.0. The number of rotatable bonds is 8. The second kappa shape index (κ2) is 7.58. The zero-order valence-electron chi connectivity index (χ0n) is 16.0. The third kappa shape index (κ3) is 4.99. The van der Waals surface area contributed by atoms with Crippen LogP contribution in [0.15, 0.2) is 24.3 Å². The molecule has 4 rings (SSSR count).